The van der Waals surface area contributed by atoms with Crippen LogP contribution in [-0.4, -0.2) is 54.8 Å². The molecule has 0 aromatic carbocycles. The third-order valence-corrected chi connectivity index (χ3v) is 2.39. The van der Waals surface area contributed by atoms with Crippen LogP contribution >= 0.6 is 0 Å². The molecule has 1 aliphatic heterocycles. The van der Waals surface area contributed by atoms with Crippen molar-refractivity contribution in [3.8, 4) is 0 Å². The third kappa shape index (κ3) is 5.74. The van der Waals surface area contributed by atoms with Gasteiger partial charge in [0.1, 0.15) is 12.1 Å². The van der Waals surface area contributed by atoms with Crippen LogP contribution in [0, 0.1) is 0 Å². The van der Waals surface area contributed by atoms with Crippen LogP contribution in [0.3, 0.4) is 0 Å². The highest BCUT2D eigenvalue weighted by Crippen LogP contribution is 2.11. The molecule has 6 nitrogen and oxygen atoms in total. The fourth-order valence-electron chi connectivity index (χ4n) is 1.61. The molecule has 6 heteroatoms. The van der Waals surface area contributed by atoms with Crippen molar-refractivity contribution in [2.75, 3.05) is 26.2 Å². The zero-order valence-electron chi connectivity index (χ0n) is 11.8. The summed E-state index contributed by atoms with van der Waals surface area (Å²) >= 11 is 0. The van der Waals surface area contributed by atoms with Crippen LogP contribution in [0.4, 0.5) is 4.79 Å². The van der Waals surface area contributed by atoms with E-state index in [1.165, 1.54) is 4.90 Å². The fourth-order valence-corrected chi connectivity index (χ4v) is 1.61. The van der Waals surface area contributed by atoms with Crippen molar-refractivity contribution in [2.45, 2.75) is 32.5 Å². The Morgan fingerprint density at radius 3 is 2.84 bits per heavy atom. The van der Waals surface area contributed by atoms with E-state index >= 15 is 0 Å². The van der Waals surface area contributed by atoms with Gasteiger partial charge in [-0.2, -0.15) is 0 Å². The predicted octanol–water partition coefficient (Wildman–Crippen LogP) is 0.924. The first-order valence-electron chi connectivity index (χ1n) is 6.29. The first-order chi connectivity index (χ1) is 8.81. The van der Waals surface area contributed by atoms with E-state index in [1.54, 1.807) is 26.8 Å². The zero-order valence-corrected chi connectivity index (χ0v) is 11.8. The minimum atomic E-state index is -0.586. The Morgan fingerprint density at radius 2 is 2.26 bits per heavy atom. The van der Waals surface area contributed by atoms with Gasteiger partial charge in [-0.15, -0.1) is 6.58 Å². The highest BCUT2D eigenvalue weighted by molar-refractivity contribution is 5.82. The Bertz CT molecular complexity index is 349. The van der Waals surface area contributed by atoms with E-state index in [9.17, 15) is 9.59 Å². The monoisotopic (exact) mass is 270 g/mol. The molecule has 1 N–H and O–H groups in total. The summed E-state index contributed by atoms with van der Waals surface area (Å²) in [6.45, 7) is 10.00. The van der Waals surface area contributed by atoms with E-state index in [4.69, 9.17) is 9.47 Å². The van der Waals surface area contributed by atoms with Gasteiger partial charge in [0, 0.05) is 6.54 Å². The summed E-state index contributed by atoms with van der Waals surface area (Å²) in [6.07, 6.45) is 0.874. The highest BCUT2D eigenvalue weighted by Gasteiger charge is 2.29. The number of nitrogens with zero attached hydrogens (tertiary/aromatic N) is 1. The van der Waals surface area contributed by atoms with Crippen molar-refractivity contribution in [1.29, 1.82) is 0 Å². The molecular weight excluding hydrogens is 248 g/mol. The molecule has 1 heterocycles. The Labute approximate surface area is 113 Å². The van der Waals surface area contributed by atoms with Crippen molar-refractivity contribution >= 4 is 12.0 Å². The van der Waals surface area contributed by atoms with Crippen molar-refractivity contribution in [1.82, 2.24) is 10.2 Å². The molecule has 2 amide bonds. The number of nitrogens with one attached hydrogen (secondary N) is 1. The second kappa shape index (κ2) is 6.56. The van der Waals surface area contributed by atoms with Crippen molar-refractivity contribution in [2.24, 2.45) is 0 Å². The lowest BCUT2D eigenvalue weighted by molar-refractivity contribution is -0.121. The summed E-state index contributed by atoms with van der Waals surface area (Å²) in [5.74, 6) is -0.212. The molecule has 0 unspecified atom stereocenters. The topological polar surface area (TPSA) is 67.9 Å². The van der Waals surface area contributed by atoms with Crippen LogP contribution in [0.2, 0.25) is 0 Å². The number of rotatable bonds is 3. The highest BCUT2D eigenvalue weighted by atomic mass is 16.6. The largest absolute Gasteiger partial charge is 0.444 e. The van der Waals surface area contributed by atoms with E-state index in [2.05, 4.69) is 11.9 Å². The molecule has 0 spiro atoms. The summed E-state index contributed by atoms with van der Waals surface area (Å²) in [5, 5.41) is 2.70. The number of hydrogen-bond acceptors (Lipinski definition) is 4. The molecule has 0 radical (unpaired) electrons. The van der Waals surface area contributed by atoms with Gasteiger partial charge in [0.15, 0.2) is 0 Å². The number of amides is 2. The molecule has 1 fully saturated rings. The number of ether oxygens (including phenoxy) is 2. The number of carbonyl (C=O) groups is 2. The van der Waals surface area contributed by atoms with Gasteiger partial charge in [0.2, 0.25) is 5.91 Å². The average molecular weight is 270 g/mol. The summed E-state index contributed by atoms with van der Waals surface area (Å²) in [5.41, 5.74) is -0.586. The maximum atomic E-state index is 12.0. The molecule has 0 aliphatic carbocycles. The minimum Gasteiger partial charge on any atom is -0.444 e. The van der Waals surface area contributed by atoms with E-state index < -0.39 is 11.7 Å². The third-order valence-electron chi connectivity index (χ3n) is 2.39. The first-order valence-corrected chi connectivity index (χ1v) is 6.29. The van der Waals surface area contributed by atoms with Gasteiger partial charge in [-0.1, -0.05) is 6.08 Å². The Hall–Kier alpha value is -1.56. The van der Waals surface area contributed by atoms with E-state index in [1.807, 2.05) is 0 Å². The maximum Gasteiger partial charge on any atom is 0.410 e. The van der Waals surface area contributed by atoms with Crippen molar-refractivity contribution in [3.05, 3.63) is 12.7 Å². The van der Waals surface area contributed by atoms with E-state index in [0.29, 0.717) is 19.7 Å². The summed E-state index contributed by atoms with van der Waals surface area (Å²) in [4.78, 5) is 24.9. The second-order valence-corrected chi connectivity index (χ2v) is 5.41. The van der Waals surface area contributed by atoms with Gasteiger partial charge in [0.05, 0.1) is 19.3 Å². The molecule has 19 heavy (non-hydrogen) atoms. The molecule has 1 saturated heterocycles. The van der Waals surface area contributed by atoms with Gasteiger partial charge in [-0.3, -0.25) is 9.69 Å². The van der Waals surface area contributed by atoms with Gasteiger partial charge in [-0.05, 0) is 20.8 Å². The molecule has 0 aromatic rings. The predicted molar refractivity (Wildman–Crippen MR) is 70.8 cm³/mol. The average Bonchev–Trinajstić information content (AvgIpc) is 2.46. The van der Waals surface area contributed by atoms with Crippen LogP contribution in [0.15, 0.2) is 12.7 Å². The summed E-state index contributed by atoms with van der Waals surface area (Å²) < 4.78 is 10.8. The van der Waals surface area contributed by atoms with Crippen LogP contribution in [-0.2, 0) is 14.3 Å². The lowest BCUT2D eigenvalue weighted by Crippen LogP contribution is -2.42. The van der Waals surface area contributed by atoms with Crippen LogP contribution in [0.5, 0.6) is 0 Å². The molecule has 0 bridgehead atoms. The van der Waals surface area contributed by atoms with Gasteiger partial charge >= 0.3 is 6.09 Å². The molecule has 0 saturated carbocycles. The second-order valence-electron chi connectivity index (χ2n) is 5.41. The van der Waals surface area contributed by atoms with Gasteiger partial charge in [-0.25, -0.2) is 4.79 Å². The van der Waals surface area contributed by atoms with Crippen molar-refractivity contribution < 1.29 is 19.1 Å². The Balaban J connectivity index is 2.65. The number of hydrogen-bond donors (Lipinski definition) is 1. The molecule has 0 aromatic heterocycles. The fraction of sp³-hybridized carbons (Fsp3) is 0.692. The first kappa shape index (κ1) is 15.5. The summed E-state index contributed by atoms with van der Waals surface area (Å²) in [6, 6.07) is 0. The normalized spacial score (nSPS) is 20.5. The van der Waals surface area contributed by atoms with Crippen LogP contribution < -0.4 is 5.32 Å². The Kier molecular flexibility index (Phi) is 5.35. The standard InChI is InChI=1S/C13H22N2O4/c1-5-6-18-10-7-14-11(16)9-15(8-10)12(17)19-13(2,3)4/h5,10H,1,6-9H2,2-4H3,(H,14,16)/t10-/m1/s1. The molecule has 1 aliphatic rings. The SMILES string of the molecule is C=CCO[C@@H]1CNC(=O)CN(C(=O)OC(C)(C)C)C1. The molecule has 1 atom stereocenters. The van der Waals surface area contributed by atoms with E-state index in [0.717, 1.165) is 0 Å². The maximum absolute atomic E-state index is 12.0. The smallest absolute Gasteiger partial charge is 0.410 e. The summed E-state index contributed by atoms with van der Waals surface area (Å²) in [7, 11) is 0. The number of carbonyl (C=O) groups excluding carboxylic acids is 2. The van der Waals surface area contributed by atoms with Crippen LogP contribution in [0.25, 0.3) is 0 Å². The van der Waals surface area contributed by atoms with Gasteiger partial charge < -0.3 is 14.8 Å². The molecule has 108 valence electrons. The lowest BCUT2D eigenvalue weighted by Gasteiger charge is -2.27. The van der Waals surface area contributed by atoms with Gasteiger partial charge in [0.25, 0.3) is 0 Å². The quantitative estimate of drug-likeness (QED) is 0.774. The molecule has 1 rings (SSSR count). The lowest BCUT2D eigenvalue weighted by atomic mass is 10.2. The zero-order chi connectivity index (χ0) is 14.5. The van der Waals surface area contributed by atoms with E-state index in [-0.39, 0.29) is 18.6 Å². The Morgan fingerprint density at radius 1 is 1.58 bits per heavy atom. The van der Waals surface area contributed by atoms with Crippen LogP contribution in [0.1, 0.15) is 20.8 Å². The molecular formula is C13H22N2O4. The van der Waals surface area contributed by atoms with Crippen molar-refractivity contribution in [3.63, 3.8) is 0 Å². The minimum absolute atomic E-state index is 0.0110.